The number of ether oxygens (including phenoxy) is 3. The predicted octanol–water partition coefficient (Wildman–Crippen LogP) is 21.2. The Bertz CT molecular complexity index is 964. The molecule has 0 bridgehead atoms. The summed E-state index contributed by atoms with van der Waals surface area (Å²) in [6.07, 6.45) is 63.8. The summed E-state index contributed by atoms with van der Waals surface area (Å²) in [5.41, 5.74) is 1.25. The van der Waals surface area contributed by atoms with Crippen molar-refractivity contribution in [3.05, 3.63) is 24.6 Å². The van der Waals surface area contributed by atoms with E-state index in [1.807, 2.05) is 0 Å². The summed E-state index contributed by atoms with van der Waals surface area (Å²) >= 11 is 0. The van der Waals surface area contributed by atoms with Gasteiger partial charge in [0.1, 0.15) is 0 Å². The van der Waals surface area contributed by atoms with Gasteiger partial charge >= 0.3 is 0 Å². The second-order valence-electron chi connectivity index (χ2n) is 19.9. The molecule has 1 radical (unpaired) electrons. The molecule has 0 aromatic heterocycles. The fourth-order valence-electron chi connectivity index (χ4n) is 9.29. The zero-order valence-electron chi connectivity index (χ0n) is 43.4. The van der Waals surface area contributed by atoms with Crippen LogP contribution < -0.4 is 14.2 Å². The minimum atomic E-state index is 0.734. The first-order valence-electron chi connectivity index (χ1n) is 29.1. The van der Waals surface area contributed by atoms with Gasteiger partial charge in [-0.2, -0.15) is 0 Å². The third-order valence-electron chi connectivity index (χ3n) is 13.6. The smallest absolute Gasteiger partial charge is 0.203 e. The first-order valence-corrected chi connectivity index (χ1v) is 29.1. The maximum absolute atomic E-state index is 6.61. The number of benzene rings is 1. The van der Waals surface area contributed by atoms with Gasteiger partial charge < -0.3 is 14.2 Å². The average Bonchev–Trinajstić information content (AvgIpc) is 3.29. The van der Waals surface area contributed by atoms with Crippen molar-refractivity contribution in [3.63, 3.8) is 0 Å². The summed E-state index contributed by atoms with van der Waals surface area (Å²) in [5, 5.41) is 0. The zero-order valence-corrected chi connectivity index (χ0v) is 43.4. The number of rotatable bonds is 53. The molecule has 3 heteroatoms. The molecule has 0 atom stereocenters. The summed E-state index contributed by atoms with van der Waals surface area (Å²) in [5.74, 6) is 2.62. The summed E-state index contributed by atoms with van der Waals surface area (Å²) in [7, 11) is 0. The fourth-order valence-corrected chi connectivity index (χ4v) is 9.29. The van der Waals surface area contributed by atoms with Crippen molar-refractivity contribution in [1.29, 1.82) is 0 Å². The Kier molecular flexibility index (Phi) is 47.4. The first-order chi connectivity index (χ1) is 31.3. The maximum atomic E-state index is 6.61. The van der Waals surface area contributed by atoms with E-state index in [4.69, 9.17) is 14.2 Å². The summed E-state index contributed by atoms with van der Waals surface area (Å²) in [6.45, 7) is 13.3. The molecule has 0 spiro atoms. The van der Waals surface area contributed by atoms with Crippen LogP contribution in [0.5, 0.6) is 17.2 Å². The van der Waals surface area contributed by atoms with Gasteiger partial charge in [-0.05, 0) is 49.8 Å². The fraction of sp³-hybridized carbons (Fsp3) is 0.883. The van der Waals surface area contributed by atoms with Crippen molar-refractivity contribution >= 4 is 0 Å². The van der Waals surface area contributed by atoms with Crippen molar-refractivity contribution in [2.75, 3.05) is 19.8 Å². The van der Waals surface area contributed by atoms with E-state index < -0.39 is 0 Å². The molecule has 1 rings (SSSR count). The molecule has 0 N–H and O–H groups in total. The van der Waals surface area contributed by atoms with Crippen LogP contribution in [0.25, 0.3) is 0 Å². The third-order valence-corrected chi connectivity index (χ3v) is 13.6. The lowest BCUT2D eigenvalue weighted by Crippen LogP contribution is -2.07. The minimum absolute atomic E-state index is 0.734. The third kappa shape index (κ3) is 40.6. The molecule has 1 aromatic carbocycles. The molecule has 0 aliphatic rings. The Morgan fingerprint density at radius 3 is 0.714 bits per heavy atom. The zero-order chi connectivity index (χ0) is 45.2. The number of aryl methyl sites for hydroxylation is 1. The quantitative estimate of drug-likeness (QED) is 0.0610. The lowest BCUT2D eigenvalue weighted by atomic mass is 10.0. The maximum Gasteiger partial charge on any atom is 0.203 e. The van der Waals surface area contributed by atoms with Gasteiger partial charge in [0.25, 0.3) is 0 Å². The second-order valence-corrected chi connectivity index (χ2v) is 19.9. The Morgan fingerprint density at radius 2 is 0.492 bits per heavy atom. The monoisotopic (exact) mass is 882 g/mol. The first kappa shape index (κ1) is 59.6. The lowest BCUT2D eigenvalue weighted by Gasteiger charge is -2.19. The Labute approximate surface area is 396 Å². The van der Waals surface area contributed by atoms with Crippen LogP contribution in [0.2, 0.25) is 0 Å². The van der Waals surface area contributed by atoms with Gasteiger partial charge in [0.15, 0.2) is 11.5 Å². The van der Waals surface area contributed by atoms with Gasteiger partial charge in [0.05, 0.1) is 19.8 Å². The molecular weight excluding hydrogens is 769 g/mol. The normalized spacial score (nSPS) is 11.5. The molecular formula is C60H113O3. The van der Waals surface area contributed by atoms with E-state index in [9.17, 15) is 0 Å². The van der Waals surface area contributed by atoms with Gasteiger partial charge in [-0.25, -0.2) is 0 Å². The Balaban J connectivity index is 2.47. The number of hydrogen-bond acceptors (Lipinski definition) is 3. The van der Waals surface area contributed by atoms with Gasteiger partial charge in [-0.15, -0.1) is 0 Å². The minimum Gasteiger partial charge on any atom is -0.490 e. The highest BCUT2D eigenvalue weighted by molar-refractivity contribution is 5.54. The molecule has 0 aliphatic heterocycles. The van der Waals surface area contributed by atoms with Crippen LogP contribution in [0, 0.1) is 6.92 Å². The standard InChI is InChI=1S/C60H113O3/c1-5-9-12-15-18-21-24-27-30-33-36-39-42-45-48-52-61-58-55-57(51-8-4)56-59(62-53-49-46-43-40-37-34-31-28-25-22-19-16-13-10-6-2)60(58)63-54-50-47-44-41-38-35-32-29-26-23-20-17-14-11-7-3/h55-56H,4-54H2,1-3H3. The van der Waals surface area contributed by atoms with E-state index in [-0.39, 0.29) is 0 Å². The van der Waals surface area contributed by atoms with Crippen molar-refractivity contribution in [2.24, 2.45) is 0 Å². The van der Waals surface area contributed by atoms with Crippen LogP contribution in [0.15, 0.2) is 12.1 Å². The molecule has 0 aliphatic carbocycles. The molecule has 0 saturated heterocycles. The van der Waals surface area contributed by atoms with Gasteiger partial charge in [-0.1, -0.05) is 297 Å². The Hall–Kier alpha value is -1.38. The summed E-state index contributed by atoms with van der Waals surface area (Å²) in [6, 6.07) is 4.44. The van der Waals surface area contributed by atoms with E-state index in [0.717, 1.165) is 69.2 Å². The number of unbranched alkanes of at least 4 members (excludes halogenated alkanes) is 42. The van der Waals surface area contributed by atoms with Gasteiger partial charge in [0, 0.05) is 0 Å². The van der Waals surface area contributed by atoms with Gasteiger partial charge in [-0.3, -0.25) is 0 Å². The van der Waals surface area contributed by atoms with Crippen molar-refractivity contribution < 1.29 is 14.2 Å². The molecule has 1 aromatic rings. The van der Waals surface area contributed by atoms with Crippen LogP contribution in [0.4, 0.5) is 0 Å². The average molecular weight is 883 g/mol. The van der Waals surface area contributed by atoms with E-state index >= 15 is 0 Å². The predicted molar refractivity (Wildman–Crippen MR) is 281 cm³/mol. The van der Waals surface area contributed by atoms with Gasteiger partial charge in [0.2, 0.25) is 5.75 Å². The van der Waals surface area contributed by atoms with Crippen LogP contribution >= 0.6 is 0 Å². The van der Waals surface area contributed by atoms with E-state index in [0.29, 0.717) is 0 Å². The van der Waals surface area contributed by atoms with E-state index in [1.54, 1.807) is 0 Å². The Morgan fingerprint density at radius 1 is 0.286 bits per heavy atom. The molecule has 0 fully saturated rings. The summed E-state index contributed by atoms with van der Waals surface area (Å²) in [4.78, 5) is 0. The van der Waals surface area contributed by atoms with E-state index in [2.05, 4.69) is 39.8 Å². The van der Waals surface area contributed by atoms with Crippen LogP contribution in [-0.2, 0) is 6.42 Å². The SMILES string of the molecule is [CH2]CCc1cc(OCCCCCCCCCCCCCCCCC)c(OCCCCCCCCCCCCCCCCC)c(OCCCCCCCCCCCCCCCCC)c1. The topological polar surface area (TPSA) is 27.7 Å². The van der Waals surface area contributed by atoms with E-state index in [1.165, 1.54) is 275 Å². The van der Waals surface area contributed by atoms with Crippen molar-refractivity contribution in [1.82, 2.24) is 0 Å². The second kappa shape index (κ2) is 50.0. The highest BCUT2D eigenvalue weighted by Gasteiger charge is 2.16. The van der Waals surface area contributed by atoms with Crippen LogP contribution in [0.1, 0.15) is 322 Å². The molecule has 3 nitrogen and oxygen atoms in total. The molecule has 63 heavy (non-hydrogen) atoms. The lowest BCUT2D eigenvalue weighted by molar-refractivity contribution is 0.234. The highest BCUT2D eigenvalue weighted by Crippen LogP contribution is 2.40. The molecule has 0 unspecified atom stereocenters. The molecule has 0 heterocycles. The summed E-state index contributed by atoms with van der Waals surface area (Å²) < 4.78 is 19.7. The van der Waals surface area contributed by atoms with Crippen LogP contribution in [-0.4, -0.2) is 19.8 Å². The highest BCUT2D eigenvalue weighted by atomic mass is 16.5. The molecule has 0 amide bonds. The molecule has 371 valence electrons. The molecule has 0 saturated carbocycles. The van der Waals surface area contributed by atoms with Crippen molar-refractivity contribution in [2.45, 2.75) is 323 Å². The number of hydrogen-bond donors (Lipinski definition) is 0. The van der Waals surface area contributed by atoms with Crippen molar-refractivity contribution in [3.8, 4) is 17.2 Å². The largest absolute Gasteiger partial charge is 0.490 e. The van der Waals surface area contributed by atoms with Crippen LogP contribution in [0.3, 0.4) is 0 Å².